The fourth-order valence-corrected chi connectivity index (χ4v) is 3.22. The third-order valence-corrected chi connectivity index (χ3v) is 4.40. The lowest BCUT2D eigenvalue weighted by Gasteiger charge is -2.31. The molecule has 2 N–H and O–H groups in total. The maximum Gasteiger partial charge on any atom is 0.414 e. The normalized spacial score (nSPS) is 14.8. The van der Waals surface area contributed by atoms with Crippen molar-refractivity contribution >= 4 is 33.7 Å². The Balaban J connectivity index is 1.85. The molecule has 0 saturated carbocycles. The number of allylic oxidation sites excluding steroid dienone is 1. The van der Waals surface area contributed by atoms with Crippen molar-refractivity contribution in [2.45, 2.75) is 32.7 Å². The lowest BCUT2D eigenvalue weighted by Crippen LogP contribution is -2.47. The Hall–Kier alpha value is -2.09. The van der Waals surface area contributed by atoms with Crippen LogP contribution in [0.2, 0.25) is 0 Å². The first-order valence-corrected chi connectivity index (χ1v) is 8.71. The molecule has 25 heavy (non-hydrogen) atoms. The first-order chi connectivity index (χ1) is 11.8. The number of nitrogens with zero attached hydrogens (tertiary/aromatic N) is 1. The highest BCUT2D eigenvalue weighted by Crippen LogP contribution is 2.27. The average molecular weight is 414 g/mol. The molecule has 2 rings (SSSR count). The van der Waals surface area contributed by atoms with Crippen LogP contribution in [0.15, 0.2) is 28.9 Å². The highest BCUT2D eigenvalue weighted by atomic mass is 79.9. The molecule has 136 valence electrons. The molecule has 1 aliphatic heterocycles. The number of likely N-dealkylation sites (tertiary alicyclic amines) is 1. The third-order valence-electron chi connectivity index (χ3n) is 3.77. The van der Waals surface area contributed by atoms with Gasteiger partial charge in [0.2, 0.25) is 0 Å². The fraction of sp³-hybridized carbons (Fsp3) is 0.412. The van der Waals surface area contributed by atoms with Crippen molar-refractivity contribution in [2.24, 2.45) is 0 Å². The summed E-state index contributed by atoms with van der Waals surface area (Å²) in [6.45, 7) is 7.86. The average Bonchev–Trinajstić information content (AvgIpc) is 2.51. The van der Waals surface area contributed by atoms with Gasteiger partial charge >= 0.3 is 12.1 Å². The minimum absolute atomic E-state index is 0.0961. The number of hydrogen-bond donors (Lipinski definition) is 2. The number of piperidine rings is 1. The molecule has 0 radical (unpaired) electrons. The zero-order chi connectivity index (χ0) is 18.6. The molecule has 8 heteroatoms. The summed E-state index contributed by atoms with van der Waals surface area (Å²) in [7, 11) is 0. The van der Waals surface area contributed by atoms with Gasteiger partial charge in [0.1, 0.15) is 5.82 Å². The van der Waals surface area contributed by atoms with Crippen LogP contribution in [0.5, 0.6) is 0 Å². The highest BCUT2D eigenvalue weighted by Gasteiger charge is 2.25. The molecule has 1 saturated heterocycles. The number of halogens is 2. The van der Waals surface area contributed by atoms with Gasteiger partial charge in [-0.25, -0.2) is 14.0 Å². The number of carbonyl (C=O) groups is 2. The van der Waals surface area contributed by atoms with Crippen LogP contribution >= 0.6 is 15.9 Å². The number of carbonyl (C=O) groups excluding carboxylic acids is 2. The molecule has 0 aromatic heterocycles. The predicted molar refractivity (Wildman–Crippen MR) is 96.9 cm³/mol. The van der Waals surface area contributed by atoms with E-state index in [0.717, 1.165) is 5.56 Å². The van der Waals surface area contributed by atoms with Gasteiger partial charge in [0, 0.05) is 23.6 Å². The van der Waals surface area contributed by atoms with Gasteiger partial charge in [-0.1, -0.05) is 6.58 Å². The van der Waals surface area contributed by atoms with Gasteiger partial charge in [-0.05, 0) is 60.3 Å². The molecule has 0 unspecified atom stereocenters. The summed E-state index contributed by atoms with van der Waals surface area (Å²) in [5, 5.41) is 5.33. The minimum Gasteiger partial charge on any atom is -0.416 e. The summed E-state index contributed by atoms with van der Waals surface area (Å²) in [5.74, 6) is -0.158. The number of anilines is 1. The van der Waals surface area contributed by atoms with E-state index in [2.05, 4.69) is 33.1 Å². The summed E-state index contributed by atoms with van der Waals surface area (Å²) in [4.78, 5) is 25.5. The molecule has 3 amide bonds. The number of ether oxygens (including phenoxy) is 1. The summed E-state index contributed by atoms with van der Waals surface area (Å²) in [6.07, 6.45) is 0.757. The van der Waals surface area contributed by atoms with E-state index in [-0.39, 0.29) is 11.7 Å². The van der Waals surface area contributed by atoms with E-state index in [4.69, 9.17) is 4.74 Å². The smallest absolute Gasteiger partial charge is 0.414 e. The van der Waals surface area contributed by atoms with Crippen molar-refractivity contribution in [2.75, 3.05) is 18.4 Å². The molecule has 0 bridgehead atoms. The topological polar surface area (TPSA) is 70.7 Å². The molecular formula is C17H21BrFN3O3. The number of amides is 3. The van der Waals surface area contributed by atoms with Gasteiger partial charge in [-0.3, -0.25) is 0 Å². The molecular weight excluding hydrogens is 393 g/mol. The van der Waals surface area contributed by atoms with E-state index in [1.807, 2.05) is 0 Å². The van der Waals surface area contributed by atoms with Crippen molar-refractivity contribution in [1.82, 2.24) is 10.2 Å². The van der Waals surface area contributed by atoms with Crippen LogP contribution in [0.3, 0.4) is 0 Å². The highest BCUT2D eigenvalue weighted by molar-refractivity contribution is 9.10. The molecule has 6 nitrogen and oxygen atoms in total. The van der Waals surface area contributed by atoms with Gasteiger partial charge in [0.25, 0.3) is 0 Å². The Morgan fingerprint density at radius 3 is 2.56 bits per heavy atom. The van der Waals surface area contributed by atoms with Gasteiger partial charge < -0.3 is 20.3 Å². The van der Waals surface area contributed by atoms with Crippen LogP contribution in [0.1, 0.15) is 25.3 Å². The van der Waals surface area contributed by atoms with Gasteiger partial charge in [-0.2, -0.15) is 0 Å². The van der Waals surface area contributed by atoms with E-state index < -0.39 is 17.9 Å². The van der Waals surface area contributed by atoms with Gasteiger partial charge in [0.15, 0.2) is 0 Å². The first kappa shape index (κ1) is 19.2. The number of rotatable bonds is 3. The molecule has 1 aromatic carbocycles. The summed E-state index contributed by atoms with van der Waals surface area (Å²) >= 11 is 3.25. The lowest BCUT2D eigenvalue weighted by atomic mass is 10.1. The fourth-order valence-electron chi connectivity index (χ4n) is 2.57. The Labute approximate surface area is 154 Å². The van der Waals surface area contributed by atoms with Gasteiger partial charge in [-0.15, -0.1) is 0 Å². The molecule has 1 fully saturated rings. The molecule has 1 heterocycles. The summed E-state index contributed by atoms with van der Waals surface area (Å²) in [6, 6.07) is 2.50. The summed E-state index contributed by atoms with van der Waals surface area (Å²) in [5.41, 5.74) is 0.856. The third kappa shape index (κ3) is 5.45. The predicted octanol–water partition coefficient (Wildman–Crippen LogP) is 4.15. The zero-order valence-corrected chi connectivity index (χ0v) is 15.8. The molecule has 0 atom stereocenters. The Morgan fingerprint density at radius 1 is 1.36 bits per heavy atom. The van der Waals surface area contributed by atoms with Crippen LogP contribution in [-0.2, 0) is 4.74 Å². The van der Waals surface area contributed by atoms with E-state index >= 15 is 0 Å². The van der Waals surface area contributed by atoms with Crippen LogP contribution in [0.4, 0.5) is 19.7 Å². The van der Waals surface area contributed by atoms with Crippen molar-refractivity contribution in [1.29, 1.82) is 0 Å². The minimum atomic E-state index is -0.501. The molecule has 1 aromatic rings. The zero-order valence-electron chi connectivity index (χ0n) is 14.2. The standard InChI is InChI=1S/C17H21BrFN3O3/c1-10(2)25-17(24)22-6-4-12(5-7-22)20-16(23)21-15-13(18)8-11(3)9-14(15)19/h8-9,12H,1,4-7H2,2-3H3,(H2,20,21,23). The number of aryl methyl sites for hydroxylation is 1. The first-order valence-electron chi connectivity index (χ1n) is 7.91. The Kier molecular flexibility index (Phi) is 6.41. The second-order valence-corrected chi connectivity index (χ2v) is 6.89. The quantitative estimate of drug-likeness (QED) is 0.730. The maximum atomic E-state index is 14.0. The van der Waals surface area contributed by atoms with Crippen molar-refractivity contribution in [3.8, 4) is 0 Å². The van der Waals surface area contributed by atoms with Crippen molar-refractivity contribution in [3.63, 3.8) is 0 Å². The van der Waals surface area contributed by atoms with Crippen LogP contribution < -0.4 is 10.6 Å². The Morgan fingerprint density at radius 2 is 2.00 bits per heavy atom. The maximum absolute atomic E-state index is 14.0. The lowest BCUT2D eigenvalue weighted by molar-refractivity contribution is 0.115. The largest absolute Gasteiger partial charge is 0.416 e. The van der Waals surface area contributed by atoms with E-state index in [0.29, 0.717) is 36.2 Å². The van der Waals surface area contributed by atoms with Crippen molar-refractivity contribution < 1.29 is 18.7 Å². The number of urea groups is 1. The molecule has 1 aliphatic rings. The molecule has 0 aliphatic carbocycles. The van der Waals surface area contributed by atoms with E-state index in [9.17, 15) is 14.0 Å². The summed E-state index contributed by atoms with van der Waals surface area (Å²) < 4.78 is 19.4. The van der Waals surface area contributed by atoms with Crippen LogP contribution in [0, 0.1) is 12.7 Å². The van der Waals surface area contributed by atoms with Gasteiger partial charge in [0.05, 0.1) is 11.4 Å². The number of hydrogen-bond acceptors (Lipinski definition) is 3. The number of nitrogens with one attached hydrogen (secondary N) is 2. The molecule has 0 spiro atoms. The van der Waals surface area contributed by atoms with Crippen LogP contribution in [0.25, 0.3) is 0 Å². The SMILES string of the molecule is C=C(C)OC(=O)N1CCC(NC(=O)Nc2c(F)cc(C)cc2Br)CC1. The van der Waals surface area contributed by atoms with Crippen molar-refractivity contribution in [3.05, 3.63) is 40.3 Å². The second-order valence-electron chi connectivity index (χ2n) is 6.03. The Bertz CT molecular complexity index is 665. The van der Waals surface area contributed by atoms with Crippen LogP contribution in [-0.4, -0.2) is 36.2 Å². The van der Waals surface area contributed by atoms with E-state index in [1.54, 1.807) is 24.8 Å². The monoisotopic (exact) mass is 413 g/mol. The van der Waals surface area contributed by atoms with E-state index in [1.165, 1.54) is 6.07 Å². The second kappa shape index (κ2) is 8.33. The number of benzene rings is 1.